The highest BCUT2D eigenvalue weighted by molar-refractivity contribution is 9.10. The molecule has 0 amide bonds. The zero-order valence-corrected chi connectivity index (χ0v) is 12.7. The zero-order valence-electron chi connectivity index (χ0n) is 11.1. The lowest BCUT2D eigenvalue weighted by atomic mass is 10.2. The summed E-state index contributed by atoms with van der Waals surface area (Å²) in [5.74, 6) is -0.357. The summed E-state index contributed by atoms with van der Waals surface area (Å²) < 4.78 is 19.0. The van der Waals surface area contributed by atoms with Gasteiger partial charge in [0.15, 0.2) is 0 Å². The van der Waals surface area contributed by atoms with Crippen LogP contribution in [-0.4, -0.2) is 12.0 Å². The average molecular weight is 355 g/mol. The van der Waals surface area contributed by atoms with Gasteiger partial charge in [-0.15, -0.1) is 0 Å². The van der Waals surface area contributed by atoms with Crippen LogP contribution in [0.1, 0.15) is 5.56 Å². The second-order valence-corrected chi connectivity index (χ2v) is 5.12. The number of nitro groups is 1. The van der Waals surface area contributed by atoms with Crippen molar-refractivity contribution in [2.24, 2.45) is 0 Å². The van der Waals surface area contributed by atoms with E-state index in [1.807, 2.05) is 19.2 Å². The molecule has 0 heterocycles. The molecule has 0 aliphatic rings. The summed E-state index contributed by atoms with van der Waals surface area (Å²) in [6.07, 6.45) is 0. The smallest absolute Gasteiger partial charge is 0.312 e. The Kier molecular flexibility index (Phi) is 4.87. The predicted octanol–water partition coefficient (Wildman–Crippen LogP) is 4.01. The van der Waals surface area contributed by atoms with Crippen molar-refractivity contribution in [3.63, 3.8) is 0 Å². The van der Waals surface area contributed by atoms with Gasteiger partial charge in [-0.25, -0.2) is 4.39 Å². The highest BCUT2D eigenvalue weighted by Crippen LogP contribution is 2.35. The van der Waals surface area contributed by atoms with Gasteiger partial charge in [0.25, 0.3) is 0 Å². The van der Waals surface area contributed by atoms with Crippen molar-refractivity contribution in [1.82, 2.24) is 5.32 Å². The molecule has 7 heteroatoms. The maximum atomic E-state index is 13.5. The topological polar surface area (TPSA) is 64.4 Å². The fraction of sp³-hybridized carbons (Fsp3) is 0.143. The van der Waals surface area contributed by atoms with Gasteiger partial charge in [0.2, 0.25) is 5.75 Å². The van der Waals surface area contributed by atoms with Crippen LogP contribution in [0.15, 0.2) is 40.9 Å². The first-order valence-electron chi connectivity index (χ1n) is 6.06. The molecule has 0 aromatic heterocycles. The Morgan fingerprint density at radius 1 is 1.33 bits per heavy atom. The number of benzene rings is 2. The van der Waals surface area contributed by atoms with Crippen LogP contribution in [0.3, 0.4) is 0 Å². The van der Waals surface area contributed by atoms with Gasteiger partial charge in [-0.1, -0.05) is 12.1 Å². The Morgan fingerprint density at radius 3 is 2.57 bits per heavy atom. The fourth-order valence-electron chi connectivity index (χ4n) is 1.75. The van der Waals surface area contributed by atoms with Crippen LogP contribution in [0.25, 0.3) is 0 Å². The standard InChI is InChI=1S/C14H12BrFN2O3/c1-17-8-9-2-4-10(5-3-9)21-14-7-12(16)11(15)6-13(14)18(19)20/h2-7,17H,8H2,1H3. The normalized spacial score (nSPS) is 10.4. The van der Waals surface area contributed by atoms with E-state index in [0.717, 1.165) is 17.7 Å². The molecule has 0 spiro atoms. The average Bonchev–Trinajstić information content (AvgIpc) is 2.44. The monoisotopic (exact) mass is 354 g/mol. The van der Waals surface area contributed by atoms with Gasteiger partial charge in [-0.3, -0.25) is 10.1 Å². The molecule has 5 nitrogen and oxygen atoms in total. The van der Waals surface area contributed by atoms with E-state index in [1.54, 1.807) is 12.1 Å². The lowest BCUT2D eigenvalue weighted by Crippen LogP contribution is -2.04. The van der Waals surface area contributed by atoms with Crippen LogP contribution < -0.4 is 10.1 Å². The molecule has 1 N–H and O–H groups in total. The molecule has 21 heavy (non-hydrogen) atoms. The molecular formula is C14H12BrFN2O3. The van der Waals surface area contributed by atoms with Crippen molar-refractivity contribution >= 4 is 21.6 Å². The largest absolute Gasteiger partial charge is 0.450 e. The molecule has 0 aliphatic carbocycles. The zero-order chi connectivity index (χ0) is 15.4. The van der Waals surface area contributed by atoms with Gasteiger partial charge in [-0.2, -0.15) is 0 Å². The maximum absolute atomic E-state index is 13.5. The molecule has 2 aromatic carbocycles. The summed E-state index contributed by atoms with van der Waals surface area (Å²) in [6.45, 7) is 0.702. The number of ether oxygens (including phenoxy) is 1. The third-order valence-corrected chi connectivity index (χ3v) is 3.34. The minimum Gasteiger partial charge on any atom is -0.450 e. The van der Waals surface area contributed by atoms with E-state index < -0.39 is 10.7 Å². The van der Waals surface area contributed by atoms with E-state index in [1.165, 1.54) is 0 Å². The third-order valence-electron chi connectivity index (χ3n) is 2.73. The van der Waals surface area contributed by atoms with Crippen LogP contribution in [0.2, 0.25) is 0 Å². The first kappa shape index (κ1) is 15.4. The molecule has 0 saturated carbocycles. The van der Waals surface area contributed by atoms with Crippen LogP contribution in [0, 0.1) is 15.9 Å². The highest BCUT2D eigenvalue weighted by atomic mass is 79.9. The first-order chi connectivity index (χ1) is 10.0. The Bertz CT molecular complexity index is 662. The van der Waals surface area contributed by atoms with Gasteiger partial charge in [-0.05, 0) is 40.7 Å². The Balaban J connectivity index is 2.30. The molecule has 0 bridgehead atoms. The Labute approximate surface area is 129 Å². The summed E-state index contributed by atoms with van der Waals surface area (Å²) in [5, 5.41) is 14.0. The van der Waals surface area contributed by atoms with Crippen molar-refractivity contribution in [2.45, 2.75) is 6.54 Å². The van der Waals surface area contributed by atoms with Crippen molar-refractivity contribution < 1.29 is 14.1 Å². The molecular weight excluding hydrogens is 343 g/mol. The summed E-state index contributed by atoms with van der Waals surface area (Å²) in [7, 11) is 1.83. The molecule has 0 radical (unpaired) electrons. The van der Waals surface area contributed by atoms with Gasteiger partial charge in [0.05, 0.1) is 9.40 Å². The number of hydrogen-bond donors (Lipinski definition) is 1. The van der Waals surface area contributed by atoms with Gasteiger partial charge >= 0.3 is 5.69 Å². The molecule has 0 saturated heterocycles. The fourth-order valence-corrected chi connectivity index (χ4v) is 2.08. The minimum atomic E-state index is -0.623. The van der Waals surface area contributed by atoms with Crippen LogP contribution in [-0.2, 0) is 6.54 Å². The maximum Gasteiger partial charge on any atom is 0.312 e. The number of halogens is 2. The van der Waals surface area contributed by atoms with Crippen LogP contribution in [0.4, 0.5) is 10.1 Å². The predicted molar refractivity (Wildman–Crippen MR) is 80.0 cm³/mol. The molecule has 0 atom stereocenters. The SMILES string of the molecule is CNCc1ccc(Oc2cc(F)c(Br)cc2[N+](=O)[O-])cc1. The molecule has 0 aliphatic heterocycles. The van der Waals surface area contributed by atoms with E-state index in [9.17, 15) is 14.5 Å². The lowest BCUT2D eigenvalue weighted by Gasteiger charge is -2.08. The van der Waals surface area contributed by atoms with E-state index >= 15 is 0 Å². The number of nitro benzene ring substituents is 1. The number of hydrogen-bond acceptors (Lipinski definition) is 4. The van der Waals surface area contributed by atoms with E-state index in [0.29, 0.717) is 12.3 Å². The molecule has 2 aromatic rings. The molecule has 0 fully saturated rings. The number of rotatable bonds is 5. The van der Waals surface area contributed by atoms with Crippen molar-refractivity contribution in [1.29, 1.82) is 0 Å². The summed E-state index contributed by atoms with van der Waals surface area (Å²) >= 11 is 2.92. The summed E-state index contributed by atoms with van der Waals surface area (Å²) in [6, 6.07) is 9.08. The van der Waals surface area contributed by atoms with E-state index in [4.69, 9.17) is 4.74 Å². The first-order valence-corrected chi connectivity index (χ1v) is 6.85. The van der Waals surface area contributed by atoms with Crippen molar-refractivity contribution in [2.75, 3.05) is 7.05 Å². The number of nitrogens with one attached hydrogen (secondary N) is 1. The third kappa shape index (κ3) is 3.77. The van der Waals surface area contributed by atoms with Crippen LogP contribution >= 0.6 is 15.9 Å². The minimum absolute atomic E-state index is 0.0194. The van der Waals surface area contributed by atoms with Gasteiger partial charge < -0.3 is 10.1 Å². The number of nitrogens with zero attached hydrogens (tertiary/aromatic N) is 1. The Morgan fingerprint density at radius 2 is 2.00 bits per heavy atom. The second-order valence-electron chi connectivity index (χ2n) is 4.27. The van der Waals surface area contributed by atoms with Crippen LogP contribution in [0.5, 0.6) is 11.5 Å². The van der Waals surface area contributed by atoms with Gasteiger partial charge in [0.1, 0.15) is 11.6 Å². The Hall–Kier alpha value is -1.99. The quantitative estimate of drug-likeness (QED) is 0.650. The van der Waals surface area contributed by atoms with Gasteiger partial charge in [0, 0.05) is 18.7 Å². The van der Waals surface area contributed by atoms with E-state index in [2.05, 4.69) is 21.2 Å². The lowest BCUT2D eigenvalue weighted by molar-refractivity contribution is -0.385. The summed E-state index contributed by atoms with van der Waals surface area (Å²) in [5.41, 5.74) is 0.740. The van der Waals surface area contributed by atoms with Crippen molar-refractivity contribution in [3.05, 3.63) is 62.4 Å². The van der Waals surface area contributed by atoms with Crippen molar-refractivity contribution in [3.8, 4) is 11.5 Å². The second kappa shape index (κ2) is 6.64. The molecule has 0 unspecified atom stereocenters. The van der Waals surface area contributed by atoms with E-state index in [-0.39, 0.29) is 15.9 Å². The molecule has 110 valence electrons. The highest BCUT2D eigenvalue weighted by Gasteiger charge is 2.19. The molecule has 2 rings (SSSR count). The summed E-state index contributed by atoms with van der Waals surface area (Å²) in [4.78, 5) is 10.4.